The third kappa shape index (κ3) is 6.76. The Morgan fingerprint density at radius 2 is 1.82 bits per heavy atom. The largest absolute Gasteiger partial charge is 0.395 e. The van der Waals surface area contributed by atoms with Gasteiger partial charge in [-0.1, -0.05) is 30.3 Å². The number of β-amino-alcohol motifs (C(OH)–C–C–N with tert-alkyl or cyclic N) is 1. The Morgan fingerprint density at radius 3 is 2.46 bits per heavy atom. The molecule has 0 radical (unpaired) electrons. The van der Waals surface area contributed by atoms with Crippen LogP contribution in [0.2, 0.25) is 0 Å². The summed E-state index contributed by atoms with van der Waals surface area (Å²) in [5.74, 6) is -0.0220. The first-order chi connectivity index (χ1) is 12.7. The predicted molar refractivity (Wildman–Crippen MR) is 114 cm³/mol. The molecule has 2 heterocycles. The summed E-state index contributed by atoms with van der Waals surface area (Å²) < 4.78 is 2.01. The molecular formula is C19H29Cl2N5O2. The molecule has 7 nitrogen and oxygen atoms in total. The molecule has 9 heteroatoms. The van der Waals surface area contributed by atoms with Crippen LogP contribution in [0, 0.1) is 0 Å². The SMILES string of the molecule is Cl.Cl.N[C@@H](Cc1cn(Cc2ccccc2)cn1)C(=O)N1CCN(CCO)CC1. The molecule has 1 atom stereocenters. The van der Waals surface area contributed by atoms with Crippen LogP contribution in [-0.2, 0) is 17.8 Å². The first kappa shape index (κ1) is 24.4. The van der Waals surface area contributed by atoms with Crippen LogP contribution in [0.15, 0.2) is 42.9 Å². The summed E-state index contributed by atoms with van der Waals surface area (Å²) in [5, 5.41) is 8.99. The van der Waals surface area contributed by atoms with Crippen LogP contribution in [-0.4, -0.2) is 75.7 Å². The Morgan fingerprint density at radius 1 is 1.14 bits per heavy atom. The minimum absolute atomic E-state index is 0. The predicted octanol–water partition coefficient (Wildman–Crippen LogP) is 0.781. The van der Waals surface area contributed by atoms with E-state index in [2.05, 4.69) is 22.0 Å². The standard InChI is InChI=1S/C19H27N5O2.2ClH/c20-18(19(26)24-8-6-22(7-9-24)10-11-25)12-17-14-23(15-21-17)13-16-4-2-1-3-5-16;;/h1-5,14-15,18,25H,6-13,20H2;2*1H/t18-;;/m0../s1. The second kappa shape index (κ2) is 12.0. The Labute approximate surface area is 178 Å². The van der Waals surface area contributed by atoms with Crippen molar-refractivity contribution in [3.05, 3.63) is 54.1 Å². The van der Waals surface area contributed by atoms with Gasteiger partial charge in [0, 0.05) is 51.9 Å². The number of halogens is 2. The molecule has 1 amide bonds. The van der Waals surface area contributed by atoms with Crippen molar-refractivity contribution < 1.29 is 9.90 Å². The summed E-state index contributed by atoms with van der Waals surface area (Å²) in [6.07, 6.45) is 4.18. The van der Waals surface area contributed by atoms with E-state index in [4.69, 9.17) is 10.8 Å². The number of hydrogen-bond acceptors (Lipinski definition) is 5. The van der Waals surface area contributed by atoms with E-state index in [1.165, 1.54) is 5.56 Å². The number of hydrogen-bond donors (Lipinski definition) is 2. The summed E-state index contributed by atoms with van der Waals surface area (Å²) >= 11 is 0. The van der Waals surface area contributed by atoms with Crippen molar-refractivity contribution in [2.45, 2.75) is 19.0 Å². The van der Waals surface area contributed by atoms with Crippen molar-refractivity contribution in [1.82, 2.24) is 19.4 Å². The number of aliphatic hydroxyl groups is 1. The average molecular weight is 430 g/mol. The minimum Gasteiger partial charge on any atom is -0.395 e. The molecule has 1 aliphatic heterocycles. The van der Waals surface area contributed by atoms with Gasteiger partial charge in [0.05, 0.1) is 24.7 Å². The van der Waals surface area contributed by atoms with Crippen LogP contribution in [0.25, 0.3) is 0 Å². The molecule has 1 saturated heterocycles. The van der Waals surface area contributed by atoms with Gasteiger partial charge in [0.2, 0.25) is 5.91 Å². The lowest BCUT2D eigenvalue weighted by molar-refractivity contribution is -0.134. The first-order valence-electron chi connectivity index (χ1n) is 9.08. The highest BCUT2D eigenvalue weighted by atomic mass is 35.5. The van der Waals surface area contributed by atoms with Crippen LogP contribution < -0.4 is 5.73 Å². The maximum atomic E-state index is 12.6. The van der Waals surface area contributed by atoms with Crippen molar-refractivity contribution in [2.75, 3.05) is 39.3 Å². The number of amides is 1. The van der Waals surface area contributed by atoms with E-state index in [-0.39, 0.29) is 37.3 Å². The molecule has 1 fully saturated rings. The summed E-state index contributed by atoms with van der Waals surface area (Å²) in [7, 11) is 0. The normalized spacial score (nSPS) is 15.4. The van der Waals surface area contributed by atoms with E-state index in [1.807, 2.05) is 33.9 Å². The Balaban J connectivity index is 0.00000196. The number of imidazole rings is 1. The summed E-state index contributed by atoms with van der Waals surface area (Å²) in [5.41, 5.74) is 8.18. The van der Waals surface area contributed by atoms with Gasteiger partial charge in [-0.15, -0.1) is 24.8 Å². The van der Waals surface area contributed by atoms with Gasteiger partial charge in [0.15, 0.2) is 0 Å². The number of carbonyl (C=O) groups is 1. The number of nitrogens with zero attached hydrogens (tertiary/aromatic N) is 4. The molecule has 1 aromatic heterocycles. The van der Waals surface area contributed by atoms with Crippen LogP contribution in [0.3, 0.4) is 0 Å². The molecule has 3 rings (SSSR count). The molecule has 0 spiro atoms. The van der Waals surface area contributed by atoms with E-state index in [9.17, 15) is 4.79 Å². The monoisotopic (exact) mass is 429 g/mol. The minimum atomic E-state index is -0.570. The molecule has 0 aliphatic carbocycles. The summed E-state index contributed by atoms with van der Waals surface area (Å²) in [4.78, 5) is 20.9. The lowest BCUT2D eigenvalue weighted by atomic mass is 10.1. The number of piperazine rings is 1. The van der Waals surface area contributed by atoms with Crippen molar-refractivity contribution in [1.29, 1.82) is 0 Å². The van der Waals surface area contributed by atoms with Gasteiger partial charge in [-0.3, -0.25) is 9.69 Å². The van der Waals surface area contributed by atoms with Crippen molar-refractivity contribution in [3.8, 4) is 0 Å². The Kier molecular flexibility index (Phi) is 10.5. The van der Waals surface area contributed by atoms with E-state index >= 15 is 0 Å². The third-order valence-electron chi connectivity index (χ3n) is 4.74. The average Bonchev–Trinajstić information content (AvgIpc) is 3.09. The fourth-order valence-electron chi connectivity index (χ4n) is 3.27. The number of rotatable bonds is 7. The maximum Gasteiger partial charge on any atom is 0.239 e. The zero-order valence-corrected chi connectivity index (χ0v) is 17.4. The lowest BCUT2D eigenvalue weighted by Gasteiger charge is -2.35. The second-order valence-electron chi connectivity index (χ2n) is 6.72. The van der Waals surface area contributed by atoms with Gasteiger partial charge in [-0.2, -0.15) is 0 Å². The molecule has 1 aliphatic rings. The Bertz CT molecular complexity index is 705. The highest BCUT2D eigenvalue weighted by Gasteiger charge is 2.25. The van der Waals surface area contributed by atoms with Crippen molar-refractivity contribution in [2.24, 2.45) is 5.73 Å². The van der Waals surface area contributed by atoms with Gasteiger partial charge in [0.25, 0.3) is 0 Å². The molecule has 3 N–H and O–H groups in total. The van der Waals surface area contributed by atoms with Crippen LogP contribution in [0.1, 0.15) is 11.3 Å². The summed E-state index contributed by atoms with van der Waals surface area (Å²) in [6.45, 7) is 4.45. The van der Waals surface area contributed by atoms with Crippen LogP contribution in [0.4, 0.5) is 0 Å². The first-order valence-corrected chi connectivity index (χ1v) is 9.08. The van der Waals surface area contributed by atoms with Gasteiger partial charge < -0.3 is 20.3 Å². The van der Waals surface area contributed by atoms with E-state index in [0.717, 1.165) is 25.3 Å². The topological polar surface area (TPSA) is 87.6 Å². The van der Waals surface area contributed by atoms with E-state index in [1.54, 1.807) is 6.33 Å². The summed E-state index contributed by atoms with van der Waals surface area (Å²) in [6, 6.07) is 9.61. The zero-order valence-electron chi connectivity index (χ0n) is 15.8. The molecule has 0 unspecified atom stereocenters. The lowest BCUT2D eigenvalue weighted by Crippen LogP contribution is -2.54. The highest BCUT2D eigenvalue weighted by Crippen LogP contribution is 2.08. The molecule has 156 valence electrons. The number of carbonyl (C=O) groups excluding carboxylic acids is 1. The molecule has 0 bridgehead atoms. The number of nitrogens with two attached hydrogens (primary N) is 1. The number of benzene rings is 1. The molecule has 2 aromatic rings. The maximum absolute atomic E-state index is 12.6. The Hall–Kier alpha value is -1.64. The van der Waals surface area contributed by atoms with Gasteiger partial charge in [0.1, 0.15) is 0 Å². The van der Waals surface area contributed by atoms with Crippen molar-refractivity contribution >= 4 is 30.7 Å². The van der Waals surface area contributed by atoms with Gasteiger partial charge >= 0.3 is 0 Å². The molecular weight excluding hydrogens is 401 g/mol. The smallest absolute Gasteiger partial charge is 0.239 e. The number of aliphatic hydroxyl groups excluding tert-OH is 1. The second-order valence-corrected chi connectivity index (χ2v) is 6.72. The fourth-order valence-corrected chi connectivity index (χ4v) is 3.27. The van der Waals surface area contributed by atoms with Gasteiger partial charge in [-0.05, 0) is 5.56 Å². The number of aromatic nitrogens is 2. The quantitative estimate of drug-likeness (QED) is 0.678. The highest BCUT2D eigenvalue weighted by molar-refractivity contribution is 5.85. The van der Waals surface area contributed by atoms with Gasteiger partial charge in [-0.25, -0.2) is 4.98 Å². The van der Waals surface area contributed by atoms with Crippen LogP contribution >= 0.6 is 24.8 Å². The molecule has 28 heavy (non-hydrogen) atoms. The van der Waals surface area contributed by atoms with E-state index < -0.39 is 6.04 Å². The third-order valence-corrected chi connectivity index (χ3v) is 4.74. The van der Waals surface area contributed by atoms with E-state index in [0.29, 0.717) is 26.1 Å². The van der Waals surface area contributed by atoms with Crippen LogP contribution in [0.5, 0.6) is 0 Å². The molecule has 0 saturated carbocycles. The molecule has 1 aromatic carbocycles. The zero-order chi connectivity index (χ0) is 18.4. The van der Waals surface area contributed by atoms with Crippen molar-refractivity contribution in [3.63, 3.8) is 0 Å². The fraction of sp³-hybridized carbons (Fsp3) is 0.474.